The lowest BCUT2D eigenvalue weighted by atomic mass is 10.3. The molecule has 2 heterocycles. The summed E-state index contributed by atoms with van der Waals surface area (Å²) in [6.45, 7) is 0. The minimum atomic E-state index is -1.59. The maximum absolute atomic E-state index is 13.9. The van der Waals surface area contributed by atoms with E-state index in [1.54, 1.807) is 0 Å². The number of thiazole rings is 1. The molecule has 0 aliphatic rings. The Kier molecular flexibility index (Phi) is 5.32. The highest BCUT2D eigenvalue weighted by atomic mass is 32.2. The lowest BCUT2D eigenvalue weighted by Crippen LogP contribution is -2.14. The topological polar surface area (TPSA) is 59.8 Å². The van der Waals surface area contributed by atoms with Crippen molar-refractivity contribution in [2.24, 2.45) is 0 Å². The van der Waals surface area contributed by atoms with Crippen molar-refractivity contribution in [2.45, 2.75) is 5.16 Å². The second-order valence-electron chi connectivity index (χ2n) is 6.74. The van der Waals surface area contributed by atoms with E-state index in [1.807, 2.05) is 59.2 Å². The fourth-order valence-electron chi connectivity index (χ4n) is 3.24. The number of fused-ring (bicyclic) bond motifs is 2. The molecule has 0 spiro atoms. The Morgan fingerprint density at radius 2 is 1.75 bits per heavy atom. The molecule has 1 amide bonds. The molecule has 0 aliphatic carbocycles. The number of imidazole rings is 1. The maximum atomic E-state index is 13.9. The minimum absolute atomic E-state index is 0.0112. The molecule has 32 heavy (non-hydrogen) atoms. The molecule has 0 saturated heterocycles. The van der Waals surface area contributed by atoms with Gasteiger partial charge >= 0.3 is 0 Å². The highest BCUT2D eigenvalue weighted by Crippen LogP contribution is 2.31. The first-order valence-corrected chi connectivity index (χ1v) is 11.2. The molecule has 0 fully saturated rings. The molecule has 0 atom stereocenters. The smallest absolute Gasteiger partial charge is 0.236 e. The number of thioether (sulfide) groups is 1. The average molecular weight is 471 g/mol. The second-order valence-corrected chi connectivity index (χ2v) is 8.72. The number of carbonyl (C=O) groups excluding carboxylic acids is 1. The van der Waals surface area contributed by atoms with Gasteiger partial charge in [-0.25, -0.2) is 23.1 Å². The molecule has 10 heteroatoms. The SMILES string of the molecule is O=C(CSc1nc2ccccc2n1-c1ccccc1)Nc1nc2c(F)c(F)c(F)cc2s1. The van der Waals surface area contributed by atoms with Crippen molar-refractivity contribution in [3.63, 3.8) is 0 Å². The van der Waals surface area contributed by atoms with Gasteiger partial charge in [0.05, 0.1) is 21.5 Å². The van der Waals surface area contributed by atoms with E-state index >= 15 is 0 Å². The first-order chi connectivity index (χ1) is 15.5. The van der Waals surface area contributed by atoms with Gasteiger partial charge in [-0.3, -0.25) is 9.36 Å². The number of rotatable bonds is 5. The molecule has 1 N–H and O–H groups in total. The molecular formula is C22H13F3N4OS2. The van der Waals surface area contributed by atoms with Crippen LogP contribution in [0.5, 0.6) is 0 Å². The van der Waals surface area contributed by atoms with Crippen LogP contribution in [0.25, 0.3) is 26.9 Å². The molecule has 0 unspecified atom stereocenters. The van der Waals surface area contributed by atoms with E-state index in [2.05, 4.69) is 15.3 Å². The summed E-state index contributed by atoms with van der Waals surface area (Å²) in [5.41, 5.74) is 2.30. The van der Waals surface area contributed by atoms with Crippen molar-refractivity contribution >= 4 is 55.4 Å². The molecule has 5 nitrogen and oxygen atoms in total. The Labute approximate surface area is 187 Å². The molecule has 3 aromatic carbocycles. The highest BCUT2D eigenvalue weighted by Gasteiger charge is 2.19. The molecular weight excluding hydrogens is 457 g/mol. The van der Waals surface area contributed by atoms with Gasteiger partial charge in [-0.15, -0.1) is 0 Å². The van der Waals surface area contributed by atoms with Crippen LogP contribution in [0.2, 0.25) is 0 Å². The molecule has 0 radical (unpaired) electrons. The van der Waals surface area contributed by atoms with E-state index in [4.69, 9.17) is 0 Å². The summed E-state index contributed by atoms with van der Waals surface area (Å²) in [4.78, 5) is 21.0. The molecule has 5 rings (SSSR count). The summed E-state index contributed by atoms with van der Waals surface area (Å²) < 4.78 is 42.8. The number of aromatic nitrogens is 3. The number of hydrogen-bond donors (Lipinski definition) is 1. The van der Waals surface area contributed by atoms with Crippen LogP contribution in [-0.2, 0) is 4.79 Å². The Hall–Kier alpha value is -3.37. The highest BCUT2D eigenvalue weighted by molar-refractivity contribution is 7.99. The van der Waals surface area contributed by atoms with Gasteiger partial charge in [-0.05, 0) is 30.3 Å². The van der Waals surface area contributed by atoms with Crippen molar-refractivity contribution in [2.75, 3.05) is 11.1 Å². The molecule has 2 aromatic heterocycles. The first kappa shape index (κ1) is 20.5. The molecule has 160 valence electrons. The zero-order valence-corrected chi connectivity index (χ0v) is 17.8. The van der Waals surface area contributed by atoms with Crippen molar-refractivity contribution < 1.29 is 18.0 Å². The molecule has 0 aliphatic heterocycles. The lowest BCUT2D eigenvalue weighted by molar-refractivity contribution is -0.113. The zero-order valence-electron chi connectivity index (χ0n) is 16.2. The number of hydrogen-bond acceptors (Lipinski definition) is 5. The first-order valence-electron chi connectivity index (χ1n) is 9.41. The summed E-state index contributed by atoms with van der Waals surface area (Å²) in [7, 11) is 0. The van der Waals surface area contributed by atoms with Gasteiger partial charge < -0.3 is 5.32 Å². The van der Waals surface area contributed by atoms with Gasteiger partial charge in [-0.1, -0.05) is 53.4 Å². The fourth-order valence-corrected chi connectivity index (χ4v) is 4.97. The van der Waals surface area contributed by atoms with Crippen LogP contribution in [0.15, 0.2) is 65.8 Å². The van der Waals surface area contributed by atoms with Gasteiger partial charge in [0.2, 0.25) is 5.91 Å². The normalized spacial score (nSPS) is 11.3. The van der Waals surface area contributed by atoms with Gasteiger partial charge in [0.25, 0.3) is 0 Å². The summed E-state index contributed by atoms with van der Waals surface area (Å²) in [6.07, 6.45) is 0. The van der Waals surface area contributed by atoms with Crippen LogP contribution in [0.1, 0.15) is 0 Å². The number of halogens is 3. The summed E-state index contributed by atoms with van der Waals surface area (Å²) in [6, 6.07) is 18.2. The minimum Gasteiger partial charge on any atom is -0.301 e. The fraction of sp³-hybridized carbons (Fsp3) is 0.0455. The van der Waals surface area contributed by atoms with Crippen LogP contribution in [0, 0.1) is 17.5 Å². The van der Waals surface area contributed by atoms with Crippen LogP contribution in [0.4, 0.5) is 18.3 Å². The third-order valence-corrected chi connectivity index (χ3v) is 6.50. The summed E-state index contributed by atoms with van der Waals surface area (Å²) >= 11 is 2.10. The Bertz CT molecular complexity index is 1470. The van der Waals surface area contributed by atoms with Gasteiger partial charge in [0, 0.05) is 5.69 Å². The van der Waals surface area contributed by atoms with E-state index in [1.165, 1.54) is 11.8 Å². The van der Waals surface area contributed by atoms with Gasteiger partial charge in [0.15, 0.2) is 27.7 Å². The number of nitrogens with one attached hydrogen (secondary N) is 1. The Morgan fingerprint density at radius 3 is 2.56 bits per heavy atom. The predicted molar refractivity (Wildman–Crippen MR) is 120 cm³/mol. The van der Waals surface area contributed by atoms with E-state index < -0.39 is 23.4 Å². The van der Waals surface area contributed by atoms with E-state index in [-0.39, 0.29) is 21.1 Å². The van der Waals surface area contributed by atoms with Crippen LogP contribution in [0.3, 0.4) is 0 Å². The van der Waals surface area contributed by atoms with E-state index in [0.717, 1.165) is 34.1 Å². The monoisotopic (exact) mass is 470 g/mol. The molecule has 5 aromatic rings. The standard InChI is InChI=1S/C22H13F3N4OS2/c23-13-10-16-20(19(25)18(13)24)28-21(32-16)27-17(30)11-31-22-26-14-8-4-5-9-15(14)29(22)12-6-2-1-3-7-12/h1-10H,11H2,(H,27,28,30). The average Bonchev–Trinajstić information content (AvgIpc) is 3.37. The lowest BCUT2D eigenvalue weighted by Gasteiger charge is -2.08. The second kappa shape index (κ2) is 8.29. The van der Waals surface area contributed by atoms with Gasteiger partial charge in [0.1, 0.15) is 5.52 Å². The number of benzene rings is 3. The molecule has 0 saturated carbocycles. The predicted octanol–water partition coefficient (Wildman–Crippen LogP) is 5.78. The maximum Gasteiger partial charge on any atom is 0.236 e. The van der Waals surface area contributed by atoms with Crippen LogP contribution >= 0.6 is 23.1 Å². The molecule has 0 bridgehead atoms. The largest absolute Gasteiger partial charge is 0.301 e. The van der Waals surface area contributed by atoms with Crippen molar-refractivity contribution in [1.29, 1.82) is 0 Å². The third-order valence-electron chi connectivity index (χ3n) is 4.64. The summed E-state index contributed by atoms with van der Waals surface area (Å²) in [5.74, 6) is -4.65. The third kappa shape index (κ3) is 3.71. The Morgan fingerprint density at radius 1 is 1.00 bits per heavy atom. The van der Waals surface area contributed by atoms with E-state index in [9.17, 15) is 18.0 Å². The van der Waals surface area contributed by atoms with E-state index in [0.29, 0.717) is 5.16 Å². The quantitative estimate of drug-likeness (QED) is 0.261. The van der Waals surface area contributed by atoms with Gasteiger partial charge in [-0.2, -0.15) is 0 Å². The number of carbonyl (C=O) groups is 1. The van der Waals surface area contributed by atoms with Crippen LogP contribution < -0.4 is 5.32 Å². The van der Waals surface area contributed by atoms with Crippen LogP contribution in [-0.4, -0.2) is 26.2 Å². The summed E-state index contributed by atoms with van der Waals surface area (Å²) in [5, 5.41) is 3.25. The van der Waals surface area contributed by atoms with Crippen molar-refractivity contribution in [3.05, 3.63) is 78.1 Å². The van der Waals surface area contributed by atoms with Crippen molar-refractivity contribution in [3.8, 4) is 5.69 Å². The Balaban J connectivity index is 1.38. The zero-order chi connectivity index (χ0) is 22.2. The number of amides is 1. The number of para-hydroxylation sites is 3. The number of nitrogens with zero attached hydrogens (tertiary/aromatic N) is 3. The van der Waals surface area contributed by atoms with Crippen molar-refractivity contribution in [1.82, 2.24) is 14.5 Å². The number of anilines is 1.